The molecule has 2 rings (SSSR count). The molecule has 13 heavy (non-hydrogen) atoms. The topological polar surface area (TPSA) is 25.2 Å². The highest BCUT2D eigenvalue weighted by Gasteiger charge is 2.13. The average Bonchev–Trinajstić information content (AvgIpc) is 2.75. The number of furan rings is 1. The van der Waals surface area contributed by atoms with Crippen LogP contribution in [0.1, 0.15) is 18.6 Å². The molecule has 0 saturated carbocycles. The number of rotatable bonds is 4. The number of hydrogen-bond donors (Lipinski definition) is 1. The molecule has 2 heterocycles. The summed E-state index contributed by atoms with van der Waals surface area (Å²) in [6.45, 7) is 1.20. The molecule has 1 aliphatic heterocycles. The van der Waals surface area contributed by atoms with Crippen molar-refractivity contribution in [3.8, 4) is 0 Å². The fraction of sp³-hybridized carbons (Fsp3) is 0.600. The standard InChI is InChI=1S/C10H15NOS/c1-3-9(11-5-1)7-13-8-10-4-2-6-12-10/h2,4,6,9,11H,1,3,5,7-8H2/t9-/m1/s1. The van der Waals surface area contributed by atoms with E-state index in [9.17, 15) is 0 Å². The summed E-state index contributed by atoms with van der Waals surface area (Å²) < 4.78 is 5.26. The third kappa shape index (κ3) is 2.78. The molecule has 0 aromatic carbocycles. The highest BCUT2D eigenvalue weighted by Crippen LogP contribution is 2.16. The monoisotopic (exact) mass is 197 g/mol. The van der Waals surface area contributed by atoms with Crippen LogP contribution in [-0.2, 0) is 5.75 Å². The molecule has 0 radical (unpaired) electrons. The zero-order valence-corrected chi connectivity index (χ0v) is 8.48. The Morgan fingerprint density at radius 3 is 3.31 bits per heavy atom. The zero-order valence-electron chi connectivity index (χ0n) is 7.66. The van der Waals surface area contributed by atoms with Crippen LogP contribution < -0.4 is 5.32 Å². The van der Waals surface area contributed by atoms with Gasteiger partial charge in [0.05, 0.1) is 12.0 Å². The summed E-state index contributed by atoms with van der Waals surface area (Å²) in [6.07, 6.45) is 4.42. The van der Waals surface area contributed by atoms with Crippen LogP contribution >= 0.6 is 11.8 Å². The van der Waals surface area contributed by atoms with E-state index in [0.29, 0.717) is 0 Å². The summed E-state index contributed by atoms with van der Waals surface area (Å²) in [5, 5.41) is 3.49. The van der Waals surface area contributed by atoms with Crippen molar-refractivity contribution >= 4 is 11.8 Å². The SMILES string of the molecule is c1coc(CSC[C@H]2CCCN2)c1. The van der Waals surface area contributed by atoms with Gasteiger partial charge in [-0.3, -0.25) is 0 Å². The van der Waals surface area contributed by atoms with Gasteiger partial charge >= 0.3 is 0 Å². The molecule has 1 fully saturated rings. The molecular formula is C10H15NOS. The van der Waals surface area contributed by atoms with Crippen molar-refractivity contribution in [2.75, 3.05) is 12.3 Å². The van der Waals surface area contributed by atoms with Gasteiger partial charge in [0.2, 0.25) is 0 Å². The Hall–Kier alpha value is -0.410. The van der Waals surface area contributed by atoms with Crippen LogP contribution in [0.25, 0.3) is 0 Å². The summed E-state index contributed by atoms with van der Waals surface area (Å²) in [6, 6.07) is 4.72. The third-order valence-electron chi connectivity index (χ3n) is 2.31. The molecule has 1 aromatic rings. The first-order valence-electron chi connectivity index (χ1n) is 4.78. The molecule has 1 atom stereocenters. The van der Waals surface area contributed by atoms with Crippen LogP contribution in [0.3, 0.4) is 0 Å². The molecular weight excluding hydrogens is 182 g/mol. The number of thioether (sulfide) groups is 1. The molecule has 0 aliphatic carbocycles. The Labute approximate surface area is 83.1 Å². The van der Waals surface area contributed by atoms with Crippen LogP contribution in [0.2, 0.25) is 0 Å². The Morgan fingerprint density at radius 2 is 2.62 bits per heavy atom. The maximum Gasteiger partial charge on any atom is 0.113 e. The molecule has 2 nitrogen and oxygen atoms in total. The third-order valence-corrected chi connectivity index (χ3v) is 3.43. The van der Waals surface area contributed by atoms with Crippen molar-refractivity contribution in [2.45, 2.75) is 24.6 Å². The van der Waals surface area contributed by atoms with Crippen LogP contribution in [0.4, 0.5) is 0 Å². The lowest BCUT2D eigenvalue weighted by molar-refractivity contribution is 0.530. The largest absolute Gasteiger partial charge is 0.468 e. The van der Waals surface area contributed by atoms with Crippen molar-refractivity contribution < 1.29 is 4.42 Å². The molecule has 1 aromatic heterocycles. The predicted molar refractivity (Wildman–Crippen MR) is 55.9 cm³/mol. The van der Waals surface area contributed by atoms with Crippen molar-refractivity contribution in [1.82, 2.24) is 5.32 Å². The minimum Gasteiger partial charge on any atom is -0.468 e. The van der Waals surface area contributed by atoms with Crippen molar-refractivity contribution in [1.29, 1.82) is 0 Å². The molecule has 0 bridgehead atoms. The maximum atomic E-state index is 5.26. The smallest absolute Gasteiger partial charge is 0.113 e. The summed E-state index contributed by atoms with van der Waals surface area (Å²) in [5.74, 6) is 3.30. The summed E-state index contributed by atoms with van der Waals surface area (Å²) in [7, 11) is 0. The van der Waals surface area contributed by atoms with E-state index in [1.165, 1.54) is 25.1 Å². The van der Waals surface area contributed by atoms with Crippen molar-refractivity contribution in [2.24, 2.45) is 0 Å². The summed E-state index contributed by atoms with van der Waals surface area (Å²) >= 11 is 1.95. The quantitative estimate of drug-likeness (QED) is 0.801. The molecule has 3 heteroatoms. The second-order valence-corrected chi connectivity index (χ2v) is 4.42. The van der Waals surface area contributed by atoms with Crippen LogP contribution in [-0.4, -0.2) is 18.3 Å². The summed E-state index contributed by atoms with van der Waals surface area (Å²) in [4.78, 5) is 0. The van der Waals surface area contributed by atoms with E-state index in [4.69, 9.17) is 4.42 Å². The molecule has 1 aliphatic rings. The van der Waals surface area contributed by atoms with E-state index in [1.807, 2.05) is 23.9 Å². The van der Waals surface area contributed by atoms with E-state index in [2.05, 4.69) is 5.32 Å². The van der Waals surface area contributed by atoms with Crippen molar-refractivity contribution in [3.63, 3.8) is 0 Å². The van der Waals surface area contributed by atoms with E-state index < -0.39 is 0 Å². The van der Waals surface area contributed by atoms with Gasteiger partial charge in [-0.25, -0.2) is 0 Å². The van der Waals surface area contributed by atoms with Crippen LogP contribution in [0, 0.1) is 0 Å². The first kappa shape index (κ1) is 9.16. The van der Waals surface area contributed by atoms with Gasteiger partial charge in [-0.15, -0.1) is 0 Å². The lowest BCUT2D eigenvalue weighted by Crippen LogP contribution is -2.23. The predicted octanol–water partition coefficient (Wildman–Crippen LogP) is 2.26. The fourth-order valence-corrected chi connectivity index (χ4v) is 2.65. The van der Waals surface area contributed by atoms with Gasteiger partial charge in [-0.05, 0) is 31.5 Å². The molecule has 1 saturated heterocycles. The minimum absolute atomic E-state index is 0.736. The van der Waals surface area contributed by atoms with E-state index >= 15 is 0 Å². The second-order valence-electron chi connectivity index (χ2n) is 3.39. The van der Waals surface area contributed by atoms with Gasteiger partial charge in [-0.1, -0.05) is 0 Å². The molecule has 0 unspecified atom stereocenters. The molecule has 0 amide bonds. The Morgan fingerprint density at radius 1 is 1.62 bits per heavy atom. The molecule has 0 spiro atoms. The van der Waals surface area contributed by atoms with Gasteiger partial charge in [-0.2, -0.15) is 11.8 Å². The van der Waals surface area contributed by atoms with Gasteiger partial charge < -0.3 is 9.73 Å². The number of hydrogen-bond acceptors (Lipinski definition) is 3. The normalized spacial score (nSPS) is 22.3. The molecule has 1 N–H and O–H groups in total. The highest BCUT2D eigenvalue weighted by molar-refractivity contribution is 7.98. The van der Waals surface area contributed by atoms with E-state index in [-0.39, 0.29) is 0 Å². The minimum atomic E-state index is 0.736. The van der Waals surface area contributed by atoms with Gasteiger partial charge in [0.25, 0.3) is 0 Å². The van der Waals surface area contributed by atoms with Gasteiger partial charge in [0.15, 0.2) is 0 Å². The molecule has 72 valence electrons. The fourth-order valence-electron chi connectivity index (χ4n) is 1.60. The van der Waals surface area contributed by atoms with Crippen molar-refractivity contribution in [3.05, 3.63) is 24.2 Å². The van der Waals surface area contributed by atoms with Crippen LogP contribution in [0.5, 0.6) is 0 Å². The first-order chi connectivity index (χ1) is 6.45. The number of nitrogens with one attached hydrogen (secondary N) is 1. The Kier molecular flexibility index (Phi) is 3.33. The first-order valence-corrected chi connectivity index (χ1v) is 5.94. The summed E-state index contributed by atoms with van der Waals surface area (Å²) in [5.41, 5.74) is 0. The average molecular weight is 197 g/mol. The zero-order chi connectivity index (χ0) is 8.93. The van der Waals surface area contributed by atoms with Gasteiger partial charge in [0.1, 0.15) is 5.76 Å². The maximum absolute atomic E-state index is 5.26. The highest BCUT2D eigenvalue weighted by atomic mass is 32.2. The lowest BCUT2D eigenvalue weighted by atomic mass is 10.3. The Balaban J connectivity index is 1.63. The van der Waals surface area contributed by atoms with E-state index in [0.717, 1.165) is 17.6 Å². The van der Waals surface area contributed by atoms with Gasteiger partial charge in [0, 0.05) is 11.8 Å². The lowest BCUT2D eigenvalue weighted by Gasteiger charge is -2.07. The second kappa shape index (κ2) is 4.72. The Bertz CT molecular complexity index is 229. The van der Waals surface area contributed by atoms with E-state index in [1.54, 1.807) is 6.26 Å². The van der Waals surface area contributed by atoms with Crippen LogP contribution in [0.15, 0.2) is 22.8 Å².